The number of methoxy groups -OCH3 is 1. The Bertz CT molecular complexity index is 647. The maximum absolute atomic E-state index is 13.3. The first-order valence-corrected chi connectivity index (χ1v) is 8.38. The van der Waals surface area contributed by atoms with Crippen molar-refractivity contribution in [1.82, 2.24) is 0 Å². The summed E-state index contributed by atoms with van der Waals surface area (Å²) in [5.41, 5.74) is 0.788. The van der Waals surface area contributed by atoms with Crippen molar-refractivity contribution in [1.29, 1.82) is 0 Å². The second-order valence-electron chi connectivity index (χ2n) is 4.48. The molecular weight excluding hydrogens is 283 g/mol. The summed E-state index contributed by atoms with van der Waals surface area (Å²) in [6.07, 6.45) is 0. The molecule has 0 aliphatic rings. The van der Waals surface area contributed by atoms with E-state index >= 15 is 0 Å². The van der Waals surface area contributed by atoms with Gasteiger partial charge in [-0.2, -0.15) is 0 Å². The van der Waals surface area contributed by atoms with E-state index in [9.17, 15) is 4.57 Å². The highest BCUT2D eigenvalue weighted by Crippen LogP contribution is 2.57. The molecule has 0 aliphatic carbocycles. The molecule has 1 unspecified atom stereocenters. The van der Waals surface area contributed by atoms with Gasteiger partial charge in [-0.05, 0) is 36.8 Å². The molecule has 0 saturated heterocycles. The van der Waals surface area contributed by atoms with E-state index < -0.39 is 7.37 Å². The van der Waals surface area contributed by atoms with E-state index in [1.165, 1.54) is 0 Å². The Kier molecular flexibility index (Phi) is 5.00. The lowest BCUT2D eigenvalue weighted by Gasteiger charge is -2.20. The fraction of sp³-hybridized carbons (Fsp3) is 0.176. The smallest absolute Gasteiger partial charge is 0.261 e. The van der Waals surface area contributed by atoms with Crippen LogP contribution in [0.5, 0.6) is 5.75 Å². The standard InChI is InChI=1S/C17H19O3P/c1-4-20-21(18,17-8-6-5-7-9-17)14(2)15-10-12-16(19-3)13-11-15/h5-13H,2,4H2,1,3H3. The molecule has 1 atom stereocenters. The Morgan fingerprint density at radius 2 is 1.71 bits per heavy atom. The second-order valence-corrected chi connectivity index (χ2v) is 6.90. The summed E-state index contributed by atoms with van der Waals surface area (Å²) in [6, 6.07) is 16.5. The molecule has 2 rings (SSSR count). The molecule has 110 valence electrons. The summed E-state index contributed by atoms with van der Waals surface area (Å²) in [5.74, 6) is 0.748. The van der Waals surface area contributed by atoms with Gasteiger partial charge in [0.05, 0.1) is 13.7 Å². The van der Waals surface area contributed by atoms with E-state index in [4.69, 9.17) is 9.26 Å². The molecule has 0 bridgehead atoms. The van der Waals surface area contributed by atoms with E-state index in [-0.39, 0.29) is 0 Å². The third-order valence-corrected chi connectivity index (χ3v) is 5.75. The zero-order valence-electron chi connectivity index (χ0n) is 12.3. The van der Waals surface area contributed by atoms with Gasteiger partial charge in [-0.15, -0.1) is 0 Å². The topological polar surface area (TPSA) is 35.5 Å². The van der Waals surface area contributed by atoms with Crippen molar-refractivity contribution in [2.45, 2.75) is 6.92 Å². The summed E-state index contributed by atoms with van der Waals surface area (Å²) in [6.45, 7) is 6.21. The van der Waals surface area contributed by atoms with Crippen LogP contribution in [0.15, 0.2) is 61.2 Å². The SMILES string of the molecule is C=C(c1ccc(OC)cc1)P(=O)(OCC)c1ccccc1. The minimum Gasteiger partial charge on any atom is -0.497 e. The number of benzene rings is 2. The zero-order chi connectivity index (χ0) is 15.3. The van der Waals surface area contributed by atoms with Crippen LogP contribution in [0, 0.1) is 0 Å². The predicted octanol–water partition coefficient (Wildman–Crippen LogP) is 4.31. The molecule has 0 N–H and O–H groups in total. The van der Waals surface area contributed by atoms with Gasteiger partial charge in [-0.3, -0.25) is 4.57 Å². The molecule has 0 heterocycles. The van der Waals surface area contributed by atoms with Gasteiger partial charge in [0.2, 0.25) is 0 Å². The molecule has 21 heavy (non-hydrogen) atoms. The van der Waals surface area contributed by atoms with Gasteiger partial charge in [-0.1, -0.05) is 36.9 Å². The molecule has 0 aromatic heterocycles. The molecule has 2 aromatic rings. The summed E-state index contributed by atoms with van der Waals surface area (Å²) >= 11 is 0. The van der Waals surface area contributed by atoms with Crippen LogP contribution in [-0.2, 0) is 9.09 Å². The Morgan fingerprint density at radius 1 is 1.10 bits per heavy atom. The predicted molar refractivity (Wildman–Crippen MR) is 87.3 cm³/mol. The fourth-order valence-corrected chi connectivity index (χ4v) is 4.10. The quantitative estimate of drug-likeness (QED) is 0.746. The minimum absolute atomic E-state index is 0.362. The van der Waals surface area contributed by atoms with Gasteiger partial charge in [0.15, 0.2) is 0 Å². The highest BCUT2D eigenvalue weighted by Gasteiger charge is 2.30. The van der Waals surface area contributed by atoms with Crippen molar-refractivity contribution in [3.8, 4) is 5.75 Å². The lowest BCUT2D eigenvalue weighted by Crippen LogP contribution is -2.08. The largest absolute Gasteiger partial charge is 0.497 e. The van der Waals surface area contributed by atoms with Crippen molar-refractivity contribution in [2.24, 2.45) is 0 Å². The zero-order valence-corrected chi connectivity index (χ0v) is 13.2. The Labute approximate surface area is 125 Å². The van der Waals surface area contributed by atoms with Gasteiger partial charge in [-0.25, -0.2) is 0 Å². The van der Waals surface area contributed by atoms with E-state index in [2.05, 4.69) is 6.58 Å². The highest BCUT2D eigenvalue weighted by atomic mass is 31.2. The van der Waals surface area contributed by atoms with Crippen LogP contribution in [0.25, 0.3) is 5.31 Å². The lowest BCUT2D eigenvalue weighted by molar-refractivity contribution is 0.348. The van der Waals surface area contributed by atoms with Crippen LogP contribution in [0.1, 0.15) is 12.5 Å². The summed E-state index contributed by atoms with van der Waals surface area (Å²) in [4.78, 5) is 0. The maximum Gasteiger partial charge on any atom is 0.261 e. The second kappa shape index (κ2) is 6.75. The average Bonchev–Trinajstić information content (AvgIpc) is 2.55. The first-order chi connectivity index (χ1) is 10.1. The minimum atomic E-state index is -3.14. The van der Waals surface area contributed by atoms with Crippen LogP contribution < -0.4 is 10.0 Å². The number of hydrogen-bond donors (Lipinski definition) is 0. The lowest BCUT2D eigenvalue weighted by atomic mass is 10.2. The number of rotatable bonds is 6. The molecule has 0 radical (unpaired) electrons. The van der Waals surface area contributed by atoms with Gasteiger partial charge in [0.1, 0.15) is 5.75 Å². The molecule has 0 amide bonds. The van der Waals surface area contributed by atoms with E-state index in [0.29, 0.717) is 17.2 Å². The van der Waals surface area contributed by atoms with Crippen LogP contribution in [0.2, 0.25) is 0 Å². The average molecular weight is 302 g/mol. The van der Waals surface area contributed by atoms with Crippen molar-refractivity contribution in [3.05, 3.63) is 66.7 Å². The highest BCUT2D eigenvalue weighted by molar-refractivity contribution is 7.76. The first-order valence-electron chi connectivity index (χ1n) is 6.76. The molecule has 0 saturated carbocycles. The van der Waals surface area contributed by atoms with Crippen LogP contribution in [0.4, 0.5) is 0 Å². The monoisotopic (exact) mass is 302 g/mol. The van der Waals surface area contributed by atoms with Crippen molar-refractivity contribution in [2.75, 3.05) is 13.7 Å². The van der Waals surface area contributed by atoms with E-state index in [0.717, 1.165) is 11.3 Å². The van der Waals surface area contributed by atoms with Gasteiger partial charge >= 0.3 is 0 Å². The molecule has 4 heteroatoms. The third kappa shape index (κ3) is 3.26. The molecule has 2 aromatic carbocycles. The van der Waals surface area contributed by atoms with Crippen LogP contribution >= 0.6 is 7.37 Å². The number of ether oxygens (including phenoxy) is 1. The summed E-state index contributed by atoms with van der Waals surface area (Å²) in [5, 5.41) is 1.16. The Hall–Kier alpha value is -1.83. The Morgan fingerprint density at radius 3 is 2.24 bits per heavy atom. The van der Waals surface area contributed by atoms with E-state index in [1.54, 1.807) is 7.11 Å². The third-order valence-electron chi connectivity index (χ3n) is 3.19. The van der Waals surface area contributed by atoms with Crippen LogP contribution in [-0.4, -0.2) is 13.7 Å². The molecular formula is C17H19O3P. The normalized spacial score (nSPS) is 13.4. The fourth-order valence-electron chi connectivity index (χ4n) is 2.07. The molecule has 0 aliphatic heterocycles. The molecule has 0 fully saturated rings. The maximum atomic E-state index is 13.3. The molecule has 3 nitrogen and oxygen atoms in total. The summed E-state index contributed by atoms with van der Waals surface area (Å²) in [7, 11) is -1.53. The number of hydrogen-bond acceptors (Lipinski definition) is 3. The molecule has 0 spiro atoms. The van der Waals surface area contributed by atoms with Gasteiger partial charge < -0.3 is 9.26 Å². The van der Waals surface area contributed by atoms with Crippen molar-refractivity contribution < 1.29 is 13.8 Å². The van der Waals surface area contributed by atoms with E-state index in [1.807, 2.05) is 61.5 Å². The first kappa shape index (κ1) is 15.6. The van der Waals surface area contributed by atoms with Crippen molar-refractivity contribution >= 4 is 18.0 Å². The van der Waals surface area contributed by atoms with Gasteiger partial charge in [0.25, 0.3) is 7.37 Å². The van der Waals surface area contributed by atoms with Gasteiger partial charge in [0, 0.05) is 10.6 Å². The van der Waals surface area contributed by atoms with Crippen molar-refractivity contribution in [3.63, 3.8) is 0 Å². The van der Waals surface area contributed by atoms with Crippen LogP contribution in [0.3, 0.4) is 0 Å². The Balaban J connectivity index is 2.42. The summed E-state index contributed by atoms with van der Waals surface area (Å²) < 4.78 is 24.1.